The normalized spacial score (nSPS) is 41.6. The lowest BCUT2D eigenvalue weighted by atomic mass is 9.78. The fourth-order valence-electron chi connectivity index (χ4n) is 2.69. The Morgan fingerprint density at radius 2 is 1.75 bits per heavy atom. The summed E-state index contributed by atoms with van der Waals surface area (Å²) in [5.74, 6) is 0.321. The number of fused-ring (bicyclic) bond motifs is 1. The van der Waals surface area contributed by atoms with E-state index in [1.807, 2.05) is 6.92 Å². The zero-order valence-corrected chi connectivity index (χ0v) is 7.38. The van der Waals surface area contributed by atoms with Gasteiger partial charge in [0, 0.05) is 11.8 Å². The minimum atomic E-state index is -0.105. The lowest BCUT2D eigenvalue weighted by Gasteiger charge is -2.24. The van der Waals surface area contributed by atoms with Crippen molar-refractivity contribution < 1.29 is 9.59 Å². The summed E-state index contributed by atoms with van der Waals surface area (Å²) in [5.41, 5.74) is 0. The summed E-state index contributed by atoms with van der Waals surface area (Å²) in [6, 6.07) is 0. The second-order valence-corrected chi connectivity index (χ2v) is 4.07. The maximum atomic E-state index is 11.4. The van der Waals surface area contributed by atoms with Crippen LogP contribution in [-0.2, 0) is 9.59 Å². The van der Waals surface area contributed by atoms with Crippen molar-refractivity contribution in [3.8, 4) is 0 Å². The molecule has 12 heavy (non-hydrogen) atoms. The van der Waals surface area contributed by atoms with Crippen LogP contribution < -0.4 is 0 Å². The molecule has 3 atom stereocenters. The van der Waals surface area contributed by atoms with Crippen LogP contribution in [-0.4, -0.2) is 11.6 Å². The van der Waals surface area contributed by atoms with E-state index in [1.165, 1.54) is 6.42 Å². The third-order valence-electron chi connectivity index (χ3n) is 3.45. The molecule has 2 saturated carbocycles. The summed E-state index contributed by atoms with van der Waals surface area (Å²) < 4.78 is 0. The third-order valence-corrected chi connectivity index (χ3v) is 3.45. The van der Waals surface area contributed by atoms with Gasteiger partial charge in [-0.25, -0.2) is 0 Å². The van der Waals surface area contributed by atoms with Crippen LogP contribution in [0, 0.1) is 17.8 Å². The molecule has 0 radical (unpaired) electrons. The monoisotopic (exact) mass is 166 g/mol. The predicted molar refractivity (Wildman–Crippen MR) is 44.6 cm³/mol. The van der Waals surface area contributed by atoms with Gasteiger partial charge in [-0.05, 0) is 18.8 Å². The van der Waals surface area contributed by atoms with E-state index < -0.39 is 0 Å². The zero-order chi connectivity index (χ0) is 8.72. The van der Waals surface area contributed by atoms with Crippen LogP contribution in [0.15, 0.2) is 0 Å². The van der Waals surface area contributed by atoms with E-state index in [9.17, 15) is 9.59 Å². The van der Waals surface area contributed by atoms with Crippen LogP contribution in [0.25, 0.3) is 0 Å². The van der Waals surface area contributed by atoms with Gasteiger partial charge in [-0.15, -0.1) is 0 Å². The number of Topliss-reactive ketones (excluding diaryl/α,β-unsaturated/α-hetero) is 2. The lowest BCUT2D eigenvalue weighted by molar-refractivity contribution is -0.137. The molecule has 0 heterocycles. The van der Waals surface area contributed by atoms with E-state index in [0.717, 1.165) is 19.3 Å². The van der Waals surface area contributed by atoms with Gasteiger partial charge in [0.2, 0.25) is 11.6 Å². The van der Waals surface area contributed by atoms with Gasteiger partial charge in [-0.1, -0.05) is 19.8 Å². The number of ketones is 2. The van der Waals surface area contributed by atoms with Crippen LogP contribution in [0.2, 0.25) is 0 Å². The van der Waals surface area contributed by atoms with Gasteiger partial charge in [0.05, 0.1) is 0 Å². The minimum absolute atomic E-state index is 0.0165. The Morgan fingerprint density at radius 3 is 2.42 bits per heavy atom. The molecule has 0 bridgehead atoms. The lowest BCUT2D eigenvalue weighted by Crippen LogP contribution is -2.20. The molecule has 2 aliphatic rings. The largest absolute Gasteiger partial charge is 0.291 e. The summed E-state index contributed by atoms with van der Waals surface area (Å²) in [7, 11) is 0. The van der Waals surface area contributed by atoms with E-state index in [4.69, 9.17) is 0 Å². The summed E-state index contributed by atoms with van der Waals surface area (Å²) in [6.45, 7) is 1.91. The Labute approximate surface area is 72.3 Å². The molecule has 0 amide bonds. The SMILES string of the molecule is CC1C(=O)C(=O)C2CCCCC12. The Bertz CT molecular complexity index is 232. The van der Waals surface area contributed by atoms with E-state index in [1.54, 1.807) is 0 Å². The average molecular weight is 166 g/mol. The van der Waals surface area contributed by atoms with Crippen molar-refractivity contribution in [1.82, 2.24) is 0 Å². The number of rotatable bonds is 0. The zero-order valence-electron chi connectivity index (χ0n) is 7.38. The first-order valence-corrected chi connectivity index (χ1v) is 4.80. The van der Waals surface area contributed by atoms with Crippen molar-refractivity contribution in [3.63, 3.8) is 0 Å². The van der Waals surface area contributed by atoms with Crippen molar-refractivity contribution in [2.75, 3.05) is 0 Å². The highest BCUT2D eigenvalue weighted by Crippen LogP contribution is 2.41. The maximum Gasteiger partial charge on any atom is 0.202 e. The summed E-state index contributed by atoms with van der Waals surface area (Å²) in [5, 5.41) is 0. The van der Waals surface area contributed by atoms with E-state index in [-0.39, 0.29) is 23.4 Å². The summed E-state index contributed by atoms with van der Waals surface area (Å²) in [4.78, 5) is 22.7. The fourth-order valence-corrected chi connectivity index (χ4v) is 2.69. The van der Waals surface area contributed by atoms with Crippen LogP contribution in [0.3, 0.4) is 0 Å². The number of hydrogen-bond acceptors (Lipinski definition) is 2. The molecule has 0 spiro atoms. The molecule has 2 nitrogen and oxygen atoms in total. The molecule has 0 aliphatic heterocycles. The van der Waals surface area contributed by atoms with Crippen LogP contribution in [0.1, 0.15) is 32.6 Å². The van der Waals surface area contributed by atoms with Crippen molar-refractivity contribution in [1.29, 1.82) is 0 Å². The van der Waals surface area contributed by atoms with E-state index in [0.29, 0.717) is 5.92 Å². The predicted octanol–water partition coefficient (Wildman–Crippen LogP) is 1.58. The molecule has 2 heteroatoms. The van der Waals surface area contributed by atoms with Gasteiger partial charge in [-0.3, -0.25) is 9.59 Å². The first-order valence-electron chi connectivity index (χ1n) is 4.80. The van der Waals surface area contributed by atoms with Gasteiger partial charge in [0.25, 0.3) is 0 Å². The molecular weight excluding hydrogens is 152 g/mol. The molecule has 0 aromatic rings. The molecule has 2 fully saturated rings. The average Bonchev–Trinajstić information content (AvgIpc) is 2.33. The highest BCUT2D eigenvalue weighted by atomic mass is 16.2. The summed E-state index contributed by atoms with van der Waals surface area (Å²) >= 11 is 0. The Hall–Kier alpha value is -0.660. The smallest absolute Gasteiger partial charge is 0.202 e. The molecular formula is C10H14O2. The van der Waals surface area contributed by atoms with Crippen LogP contribution in [0.5, 0.6) is 0 Å². The van der Waals surface area contributed by atoms with Crippen LogP contribution >= 0.6 is 0 Å². The minimum Gasteiger partial charge on any atom is -0.291 e. The molecule has 0 saturated heterocycles. The molecule has 0 aromatic carbocycles. The first kappa shape index (κ1) is 7.96. The third kappa shape index (κ3) is 0.936. The van der Waals surface area contributed by atoms with E-state index >= 15 is 0 Å². The second-order valence-electron chi connectivity index (χ2n) is 4.07. The summed E-state index contributed by atoms with van der Waals surface area (Å²) in [6.07, 6.45) is 4.38. The van der Waals surface area contributed by atoms with Crippen molar-refractivity contribution in [2.45, 2.75) is 32.6 Å². The van der Waals surface area contributed by atoms with Crippen LogP contribution in [0.4, 0.5) is 0 Å². The van der Waals surface area contributed by atoms with E-state index in [2.05, 4.69) is 0 Å². The quantitative estimate of drug-likeness (QED) is 0.512. The van der Waals surface area contributed by atoms with Gasteiger partial charge in [0.15, 0.2) is 0 Å². The number of carbonyl (C=O) groups is 2. The fraction of sp³-hybridized carbons (Fsp3) is 0.800. The molecule has 0 aromatic heterocycles. The second kappa shape index (κ2) is 2.68. The molecule has 2 rings (SSSR count). The Morgan fingerprint density at radius 1 is 1.08 bits per heavy atom. The number of carbonyl (C=O) groups excluding carboxylic acids is 2. The molecule has 66 valence electrons. The molecule has 3 unspecified atom stereocenters. The highest BCUT2D eigenvalue weighted by molar-refractivity contribution is 6.40. The van der Waals surface area contributed by atoms with Crippen molar-refractivity contribution in [2.24, 2.45) is 17.8 Å². The van der Waals surface area contributed by atoms with Gasteiger partial charge >= 0.3 is 0 Å². The van der Waals surface area contributed by atoms with Gasteiger partial charge < -0.3 is 0 Å². The number of hydrogen-bond donors (Lipinski definition) is 0. The first-order chi connectivity index (χ1) is 5.72. The Balaban J connectivity index is 2.25. The maximum absolute atomic E-state index is 11.4. The highest BCUT2D eigenvalue weighted by Gasteiger charge is 2.47. The Kier molecular flexibility index (Phi) is 1.78. The van der Waals surface area contributed by atoms with Crippen molar-refractivity contribution in [3.05, 3.63) is 0 Å². The standard InChI is InChI=1S/C10H14O2/c1-6-7-4-2-3-5-8(7)10(12)9(6)11/h6-8H,2-5H2,1H3. The van der Waals surface area contributed by atoms with Gasteiger partial charge in [-0.2, -0.15) is 0 Å². The van der Waals surface area contributed by atoms with Gasteiger partial charge in [0.1, 0.15) is 0 Å². The topological polar surface area (TPSA) is 34.1 Å². The van der Waals surface area contributed by atoms with Crippen molar-refractivity contribution >= 4 is 11.6 Å². The molecule has 0 N–H and O–H groups in total. The molecule has 2 aliphatic carbocycles.